The van der Waals surface area contributed by atoms with Crippen LogP contribution in [0.4, 0.5) is 25.3 Å². The fraction of sp³-hybridized carbons (Fsp3) is 0.292. The van der Waals surface area contributed by atoms with E-state index in [-0.39, 0.29) is 29.7 Å². The predicted octanol–water partition coefficient (Wildman–Crippen LogP) is 4.61. The minimum atomic E-state index is -0.970. The van der Waals surface area contributed by atoms with Crippen molar-refractivity contribution in [2.45, 2.75) is 32.7 Å². The van der Waals surface area contributed by atoms with Gasteiger partial charge in [-0.15, -0.1) is 0 Å². The molecule has 0 aliphatic carbocycles. The molecule has 180 valence electrons. The van der Waals surface area contributed by atoms with E-state index in [0.29, 0.717) is 35.4 Å². The number of nitrogens with zero attached hydrogens (tertiary/aromatic N) is 6. The van der Waals surface area contributed by atoms with Crippen molar-refractivity contribution in [3.05, 3.63) is 59.0 Å². The van der Waals surface area contributed by atoms with Crippen LogP contribution in [0, 0.1) is 11.6 Å². The maximum atomic E-state index is 15.6. The van der Waals surface area contributed by atoms with Crippen LogP contribution in [-0.2, 0) is 20.0 Å². The van der Waals surface area contributed by atoms with Gasteiger partial charge in [0.25, 0.3) is 0 Å². The maximum Gasteiger partial charge on any atom is 0.407 e. The molecule has 3 aromatic heterocycles. The van der Waals surface area contributed by atoms with E-state index in [1.54, 1.807) is 29.9 Å². The second-order valence-corrected chi connectivity index (χ2v) is 8.76. The molecule has 4 aromatic rings. The van der Waals surface area contributed by atoms with Crippen molar-refractivity contribution in [1.82, 2.24) is 29.6 Å². The predicted molar refractivity (Wildman–Crippen MR) is 125 cm³/mol. The maximum absolute atomic E-state index is 15.6. The van der Waals surface area contributed by atoms with Crippen LogP contribution >= 0.6 is 0 Å². The number of hydrogen-bond donors (Lipinski definition) is 2. The minimum absolute atomic E-state index is 0.0138. The van der Waals surface area contributed by atoms with Gasteiger partial charge in [-0.25, -0.2) is 28.5 Å². The monoisotopic (exact) mass is 479 g/mol. The molecule has 9 nitrogen and oxygen atoms in total. The zero-order valence-corrected chi connectivity index (χ0v) is 19.4. The van der Waals surface area contributed by atoms with Crippen molar-refractivity contribution < 1.29 is 18.7 Å². The van der Waals surface area contributed by atoms with Gasteiger partial charge in [-0.2, -0.15) is 5.10 Å². The van der Waals surface area contributed by atoms with Crippen LogP contribution < -0.4 is 5.32 Å². The van der Waals surface area contributed by atoms with E-state index in [1.807, 2.05) is 13.8 Å². The summed E-state index contributed by atoms with van der Waals surface area (Å²) in [5, 5.41) is 16.9. The van der Waals surface area contributed by atoms with E-state index >= 15 is 4.39 Å². The molecular formula is C24H23F2N7O2. The van der Waals surface area contributed by atoms with Crippen LogP contribution in [-0.4, -0.2) is 47.4 Å². The zero-order chi connectivity index (χ0) is 24.9. The smallest absolute Gasteiger partial charge is 0.407 e. The molecule has 2 N–H and O–H groups in total. The molecule has 0 spiro atoms. The topological polar surface area (TPSA) is 109 Å². The van der Waals surface area contributed by atoms with E-state index < -0.39 is 17.7 Å². The lowest BCUT2D eigenvalue weighted by atomic mass is 10.0. The summed E-state index contributed by atoms with van der Waals surface area (Å²) in [4.78, 5) is 25.3. The summed E-state index contributed by atoms with van der Waals surface area (Å²) in [5.74, 6) is -0.837. The van der Waals surface area contributed by atoms with Gasteiger partial charge in [-0.3, -0.25) is 4.68 Å². The molecule has 0 unspecified atom stereocenters. The molecule has 1 amide bonds. The number of aromatic nitrogens is 5. The van der Waals surface area contributed by atoms with E-state index in [4.69, 9.17) is 0 Å². The molecule has 4 heterocycles. The van der Waals surface area contributed by atoms with Crippen LogP contribution in [0.2, 0.25) is 0 Å². The number of fused-ring (bicyclic) bond motifs is 2. The molecule has 35 heavy (non-hydrogen) atoms. The van der Waals surface area contributed by atoms with E-state index in [2.05, 4.69) is 25.4 Å². The average molecular weight is 479 g/mol. The molecule has 0 fully saturated rings. The number of hydrogen-bond acceptors (Lipinski definition) is 6. The van der Waals surface area contributed by atoms with Gasteiger partial charge in [0.1, 0.15) is 17.3 Å². The summed E-state index contributed by atoms with van der Waals surface area (Å²) >= 11 is 0. The molecule has 1 aromatic carbocycles. The van der Waals surface area contributed by atoms with Crippen LogP contribution in [0.3, 0.4) is 0 Å². The van der Waals surface area contributed by atoms with Crippen molar-refractivity contribution in [2.75, 3.05) is 11.9 Å². The lowest BCUT2D eigenvalue weighted by Crippen LogP contribution is -2.35. The highest BCUT2D eigenvalue weighted by molar-refractivity contribution is 5.88. The van der Waals surface area contributed by atoms with E-state index in [0.717, 1.165) is 17.5 Å². The van der Waals surface area contributed by atoms with Crippen molar-refractivity contribution >= 4 is 28.8 Å². The lowest BCUT2D eigenvalue weighted by Gasteiger charge is -2.25. The molecule has 1 aliphatic heterocycles. The SMILES string of the molecule is CC(C)c1c2c(F)c(-c3nc(Nc4ccc5c(n4)CCN(C(=O)O)C5)ncc3F)ccc2nn1C. The Morgan fingerprint density at radius 3 is 2.71 bits per heavy atom. The van der Waals surface area contributed by atoms with Crippen LogP contribution in [0.15, 0.2) is 30.5 Å². The number of carboxylic acid groups (broad SMARTS) is 1. The normalized spacial score (nSPS) is 13.4. The highest BCUT2D eigenvalue weighted by Gasteiger charge is 2.23. The number of rotatable bonds is 4. The average Bonchev–Trinajstić information content (AvgIpc) is 3.17. The summed E-state index contributed by atoms with van der Waals surface area (Å²) in [6, 6.07) is 6.58. The fourth-order valence-electron chi connectivity index (χ4n) is 4.50. The summed E-state index contributed by atoms with van der Waals surface area (Å²) in [6.45, 7) is 4.51. The Kier molecular flexibility index (Phi) is 5.54. The van der Waals surface area contributed by atoms with E-state index in [1.165, 1.54) is 11.0 Å². The van der Waals surface area contributed by atoms with Gasteiger partial charge in [0, 0.05) is 31.3 Å². The Labute approximate surface area is 199 Å². The van der Waals surface area contributed by atoms with Crippen LogP contribution in [0.5, 0.6) is 0 Å². The van der Waals surface area contributed by atoms with Crippen LogP contribution in [0.25, 0.3) is 22.2 Å². The summed E-state index contributed by atoms with van der Waals surface area (Å²) in [6.07, 6.45) is 0.493. The van der Waals surface area contributed by atoms with Gasteiger partial charge >= 0.3 is 6.09 Å². The highest BCUT2D eigenvalue weighted by atomic mass is 19.1. The van der Waals surface area contributed by atoms with E-state index in [9.17, 15) is 14.3 Å². The molecular weight excluding hydrogens is 456 g/mol. The lowest BCUT2D eigenvalue weighted by molar-refractivity contribution is 0.139. The summed E-state index contributed by atoms with van der Waals surface area (Å²) in [5.41, 5.74) is 2.64. The number of halogens is 2. The number of amides is 1. The minimum Gasteiger partial charge on any atom is -0.465 e. The summed E-state index contributed by atoms with van der Waals surface area (Å²) in [7, 11) is 1.76. The van der Waals surface area contributed by atoms with Crippen molar-refractivity contribution in [1.29, 1.82) is 0 Å². The molecule has 0 saturated heterocycles. The first-order chi connectivity index (χ1) is 16.7. The van der Waals surface area contributed by atoms with Gasteiger partial charge < -0.3 is 15.3 Å². The third-order valence-corrected chi connectivity index (χ3v) is 6.09. The number of anilines is 2. The number of nitrogens with one attached hydrogen (secondary N) is 1. The largest absolute Gasteiger partial charge is 0.465 e. The second kappa shape index (κ2) is 8.57. The first-order valence-corrected chi connectivity index (χ1v) is 11.1. The number of pyridine rings is 1. The van der Waals surface area contributed by atoms with Gasteiger partial charge in [0.05, 0.1) is 29.3 Å². The Morgan fingerprint density at radius 2 is 1.97 bits per heavy atom. The third-order valence-electron chi connectivity index (χ3n) is 6.09. The van der Waals surface area contributed by atoms with Crippen molar-refractivity contribution in [3.8, 4) is 11.3 Å². The number of aryl methyl sites for hydroxylation is 1. The molecule has 0 radical (unpaired) electrons. The van der Waals surface area contributed by atoms with Crippen molar-refractivity contribution in [3.63, 3.8) is 0 Å². The summed E-state index contributed by atoms with van der Waals surface area (Å²) < 4.78 is 32.0. The zero-order valence-electron chi connectivity index (χ0n) is 19.4. The second-order valence-electron chi connectivity index (χ2n) is 8.76. The standard InChI is InChI=1S/C24H23F2N7O2/c1-12(2)22-19-17(31-32(22)3)6-5-14(20(19)26)21-15(25)10-27-23(30-21)29-18-7-4-13-11-33(24(34)35)9-8-16(13)28-18/h4-7,10,12H,8-9,11H2,1-3H3,(H,34,35)(H,27,28,29,30). The first kappa shape index (κ1) is 22.6. The quantitative estimate of drug-likeness (QED) is 0.440. The van der Waals surface area contributed by atoms with Crippen molar-refractivity contribution in [2.24, 2.45) is 7.05 Å². The Bertz CT molecular complexity index is 1470. The van der Waals surface area contributed by atoms with Gasteiger partial charge in [-0.1, -0.05) is 19.9 Å². The molecule has 0 bridgehead atoms. The van der Waals surface area contributed by atoms with Gasteiger partial charge in [0.15, 0.2) is 5.82 Å². The molecule has 1 aliphatic rings. The van der Waals surface area contributed by atoms with Gasteiger partial charge in [-0.05, 0) is 29.7 Å². The highest BCUT2D eigenvalue weighted by Crippen LogP contribution is 2.34. The Morgan fingerprint density at radius 1 is 1.17 bits per heavy atom. The Balaban J connectivity index is 1.49. The molecule has 0 atom stereocenters. The first-order valence-electron chi connectivity index (χ1n) is 11.1. The van der Waals surface area contributed by atoms with Gasteiger partial charge in [0.2, 0.25) is 5.95 Å². The van der Waals surface area contributed by atoms with Crippen LogP contribution in [0.1, 0.15) is 36.7 Å². The molecule has 5 rings (SSSR count). The number of benzene rings is 1. The fourth-order valence-corrected chi connectivity index (χ4v) is 4.50. The molecule has 0 saturated carbocycles. The number of carbonyl (C=O) groups is 1. The molecule has 11 heteroatoms. The third kappa shape index (κ3) is 4.02. The Hall–Kier alpha value is -4.15.